The summed E-state index contributed by atoms with van der Waals surface area (Å²) in [5.41, 5.74) is 2.23. The second-order valence-electron chi connectivity index (χ2n) is 7.78. The van der Waals surface area contributed by atoms with Crippen LogP contribution in [0, 0.1) is 0 Å². The molecule has 0 atom stereocenters. The standard InChI is InChI=1S/C23H29ClN4O2/c1-30-20-6-4-5-19(17-20)26-11-9-25(10-12-26)18-23(29)28-15-13-27(14-16-28)22-8-3-2-7-21(22)24/h2-8,17H,9-16,18H2,1H3. The van der Waals surface area contributed by atoms with E-state index in [1.807, 2.05) is 41.3 Å². The third-order valence-electron chi connectivity index (χ3n) is 5.98. The summed E-state index contributed by atoms with van der Waals surface area (Å²) in [6, 6.07) is 16.1. The Hall–Kier alpha value is -2.44. The van der Waals surface area contributed by atoms with Crippen LogP contribution < -0.4 is 14.5 Å². The summed E-state index contributed by atoms with van der Waals surface area (Å²) < 4.78 is 5.33. The normalized spacial score (nSPS) is 17.9. The molecule has 0 radical (unpaired) electrons. The highest BCUT2D eigenvalue weighted by Gasteiger charge is 2.25. The maximum absolute atomic E-state index is 12.8. The van der Waals surface area contributed by atoms with Gasteiger partial charge in [-0.2, -0.15) is 0 Å². The number of carbonyl (C=O) groups excluding carboxylic acids is 1. The van der Waals surface area contributed by atoms with Crippen molar-refractivity contribution in [3.8, 4) is 5.75 Å². The lowest BCUT2D eigenvalue weighted by molar-refractivity contribution is -0.132. The Morgan fingerprint density at radius 2 is 1.60 bits per heavy atom. The second-order valence-corrected chi connectivity index (χ2v) is 8.19. The van der Waals surface area contributed by atoms with E-state index in [9.17, 15) is 4.79 Å². The van der Waals surface area contributed by atoms with Gasteiger partial charge in [0.05, 0.1) is 24.4 Å². The predicted octanol–water partition coefficient (Wildman–Crippen LogP) is 2.82. The van der Waals surface area contributed by atoms with Crippen LogP contribution in [-0.2, 0) is 4.79 Å². The number of halogens is 1. The van der Waals surface area contributed by atoms with Gasteiger partial charge in [0.1, 0.15) is 5.75 Å². The third kappa shape index (κ3) is 4.82. The minimum atomic E-state index is 0.226. The Balaban J connectivity index is 1.24. The largest absolute Gasteiger partial charge is 0.497 e. The minimum Gasteiger partial charge on any atom is -0.497 e. The summed E-state index contributed by atoms with van der Waals surface area (Å²) in [5, 5.41) is 0.770. The van der Waals surface area contributed by atoms with E-state index in [2.05, 4.69) is 26.8 Å². The van der Waals surface area contributed by atoms with Gasteiger partial charge in [-0.1, -0.05) is 29.8 Å². The topological polar surface area (TPSA) is 39.3 Å². The molecule has 2 aliphatic heterocycles. The van der Waals surface area contributed by atoms with Crippen molar-refractivity contribution in [3.05, 3.63) is 53.6 Å². The Bertz CT molecular complexity index is 862. The van der Waals surface area contributed by atoms with Crippen molar-refractivity contribution in [2.45, 2.75) is 0 Å². The molecular weight excluding hydrogens is 400 g/mol. The number of para-hydroxylation sites is 1. The molecule has 0 aromatic heterocycles. The number of nitrogens with zero attached hydrogens (tertiary/aromatic N) is 4. The zero-order valence-electron chi connectivity index (χ0n) is 17.5. The van der Waals surface area contributed by atoms with Crippen LogP contribution in [0.3, 0.4) is 0 Å². The summed E-state index contributed by atoms with van der Waals surface area (Å²) >= 11 is 6.32. The van der Waals surface area contributed by atoms with Crippen molar-refractivity contribution in [1.29, 1.82) is 0 Å². The predicted molar refractivity (Wildman–Crippen MR) is 122 cm³/mol. The number of amides is 1. The lowest BCUT2D eigenvalue weighted by Crippen LogP contribution is -2.54. The van der Waals surface area contributed by atoms with Gasteiger partial charge in [-0.15, -0.1) is 0 Å². The molecule has 0 N–H and O–H groups in total. The average molecular weight is 429 g/mol. The van der Waals surface area contributed by atoms with E-state index in [-0.39, 0.29) is 5.91 Å². The lowest BCUT2D eigenvalue weighted by Gasteiger charge is -2.39. The molecule has 2 aromatic rings. The maximum atomic E-state index is 12.8. The highest BCUT2D eigenvalue weighted by atomic mass is 35.5. The van der Waals surface area contributed by atoms with Gasteiger partial charge in [0.25, 0.3) is 0 Å². The minimum absolute atomic E-state index is 0.226. The molecule has 30 heavy (non-hydrogen) atoms. The van der Waals surface area contributed by atoms with Crippen LogP contribution in [-0.4, -0.2) is 81.7 Å². The number of hydrogen-bond acceptors (Lipinski definition) is 5. The number of piperazine rings is 2. The van der Waals surface area contributed by atoms with Crippen LogP contribution in [0.1, 0.15) is 0 Å². The van der Waals surface area contributed by atoms with Gasteiger partial charge < -0.3 is 19.4 Å². The summed E-state index contributed by atoms with van der Waals surface area (Å²) in [6.45, 7) is 7.24. The number of methoxy groups -OCH3 is 1. The van der Waals surface area contributed by atoms with E-state index < -0.39 is 0 Å². The van der Waals surface area contributed by atoms with E-state index in [1.54, 1.807) is 7.11 Å². The second kappa shape index (κ2) is 9.58. The van der Waals surface area contributed by atoms with Gasteiger partial charge >= 0.3 is 0 Å². The maximum Gasteiger partial charge on any atom is 0.236 e. The SMILES string of the molecule is COc1cccc(N2CCN(CC(=O)N3CCN(c4ccccc4Cl)CC3)CC2)c1. The Morgan fingerprint density at radius 3 is 2.30 bits per heavy atom. The first-order chi connectivity index (χ1) is 14.6. The molecule has 2 aromatic carbocycles. The molecule has 7 heteroatoms. The number of hydrogen-bond donors (Lipinski definition) is 0. The van der Waals surface area contributed by atoms with Crippen LogP contribution in [0.15, 0.2) is 48.5 Å². The van der Waals surface area contributed by atoms with Crippen LogP contribution in [0.2, 0.25) is 5.02 Å². The number of rotatable bonds is 5. The van der Waals surface area contributed by atoms with Crippen molar-refractivity contribution >= 4 is 28.9 Å². The van der Waals surface area contributed by atoms with E-state index in [0.717, 1.165) is 68.8 Å². The number of ether oxygens (including phenoxy) is 1. The third-order valence-corrected chi connectivity index (χ3v) is 6.29. The molecular formula is C23H29ClN4O2. The van der Waals surface area contributed by atoms with E-state index in [0.29, 0.717) is 6.54 Å². The molecule has 0 saturated carbocycles. The molecule has 0 spiro atoms. The van der Waals surface area contributed by atoms with Crippen LogP contribution in [0.5, 0.6) is 5.75 Å². The van der Waals surface area contributed by atoms with Crippen molar-refractivity contribution in [2.24, 2.45) is 0 Å². The summed E-state index contributed by atoms with van der Waals surface area (Å²) in [5.74, 6) is 1.10. The van der Waals surface area contributed by atoms with Gasteiger partial charge in [-0.25, -0.2) is 0 Å². The molecule has 1 amide bonds. The molecule has 2 heterocycles. The van der Waals surface area contributed by atoms with Crippen molar-refractivity contribution in [3.63, 3.8) is 0 Å². The van der Waals surface area contributed by atoms with Crippen LogP contribution in [0.4, 0.5) is 11.4 Å². The molecule has 0 unspecified atom stereocenters. The van der Waals surface area contributed by atoms with Gasteiger partial charge in [0.15, 0.2) is 0 Å². The summed E-state index contributed by atoms with van der Waals surface area (Å²) in [7, 11) is 1.69. The number of anilines is 2. The van der Waals surface area contributed by atoms with Gasteiger partial charge in [0, 0.05) is 64.1 Å². The first-order valence-corrected chi connectivity index (χ1v) is 10.9. The molecule has 0 aliphatic carbocycles. The van der Waals surface area contributed by atoms with E-state index in [4.69, 9.17) is 16.3 Å². The van der Waals surface area contributed by atoms with Crippen LogP contribution in [0.25, 0.3) is 0 Å². The zero-order chi connectivity index (χ0) is 20.9. The van der Waals surface area contributed by atoms with Crippen LogP contribution >= 0.6 is 11.6 Å². The number of benzene rings is 2. The smallest absolute Gasteiger partial charge is 0.236 e. The highest BCUT2D eigenvalue weighted by Crippen LogP contribution is 2.26. The Kier molecular flexibility index (Phi) is 6.65. The molecule has 4 rings (SSSR count). The van der Waals surface area contributed by atoms with Gasteiger partial charge in [-0.05, 0) is 24.3 Å². The van der Waals surface area contributed by atoms with E-state index in [1.165, 1.54) is 5.69 Å². The molecule has 6 nitrogen and oxygen atoms in total. The Morgan fingerprint density at radius 1 is 0.900 bits per heavy atom. The van der Waals surface area contributed by atoms with Gasteiger partial charge in [-0.3, -0.25) is 9.69 Å². The highest BCUT2D eigenvalue weighted by molar-refractivity contribution is 6.33. The number of carbonyl (C=O) groups is 1. The Labute approximate surface area is 183 Å². The molecule has 2 aliphatic rings. The van der Waals surface area contributed by atoms with E-state index >= 15 is 0 Å². The molecule has 0 bridgehead atoms. The monoisotopic (exact) mass is 428 g/mol. The molecule has 2 fully saturated rings. The first kappa shape index (κ1) is 20.8. The van der Waals surface area contributed by atoms with Crippen molar-refractivity contribution in [1.82, 2.24) is 9.80 Å². The first-order valence-electron chi connectivity index (χ1n) is 10.5. The molecule has 2 saturated heterocycles. The average Bonchev–Trinajstić information content (AvgIpc) is 2.80. The fraction of sp³-hybridized carbons (Fsp3) is 0.435. The zero-order valence-corrected chi connectivity index (χ0v) is 18.2. The van der Waals surface area contributed by atoms with Crippen molar-refractivity contribution in [2.75, 3.05) is 75.8 Å². The van der Waals surface area contributed by atoms with Gasteiger partial charge in [0.2, 0.25) is 5.91 Å². The lowest BCUT2D eigenvalue weighted by atomic mass is 10.2. The fourth-order valence-corrected chi connectivity index (χ4v) is 4.42. The fourth-order valence-electron chi connectivity index (χ4n) is 4.17. The molecule has 160 valence electrons. The quantitative estimate of drug-likeness (QED) is 0.732. The summed E-state index contributed by atoms with van der Waals surface area (Å²) in [6.07, 6.45) is 0. The summed E-state index contributed by atoms with van der Waals surface area (Å²) in [4.78, 5) is 21.7. The van der Waals surface area contributed by atoms with Crippen molar-refractivity contribution < 1.29 is 9.53 Å².